The van der Waals surface area contributed by atoms with Gasteiger partial charge in [-0.3, -0.25) is 0 Å². The molecule has 1 saturated heterocycles. The number of hydrogen-bond donors (Lipinski definition) is 2. The van der Waals surface area contributed by atoms with E-state index in [0.29, 0.717) is 10.0 Å². The molecule has 0 amide bonds. The molecule has 0 radical (unpaired) electrons. The van der Waals surface area contributed by atoms with Gasteiger partial charge in [-0.05, 0) is 19.0 Å². The molecule has 88 valence electrons. The molecule has 0 atom stereocenters. The van der Waals surface area contributed by atoms with Crippen molar-refractivity contribution >= 4 is 28.9 Å². The summed E-state index contributed by atoms with van der Waals surface area (Å²) in [6.07, 6.45) is 1.06. The third-order valence-corrected chi connectivity index (χ3v) is 3.42. The van der Waals surface area contributed by atoms with Gasteiger partial charge in [-0.25, -0.2) is 0 Å². The summed E-state index contributed by atoms with van der Waals surface area (Å²) in [5.74, 6) is 0.191. The SMILES string of the molecule is Oc1cc(Cl)c(Cl)cc1N1CCCNCC1. The number of phenols is 1. The first-order chi connectivity index (χ1) is 7.68. The van der Waals surface area contributed by atoms with E-state index in [1.807, 2.05) is 0 Å². The van der Waals surface area contributed by atoms with Crippen molar-refractivity contribution < 1.29 is 5.11 Å². The van der Waals surface area contributed by atoms with Gasteiger partial charge in [0.1, 0.15) is 5.75 Å². The summed E-state index contributed by atoms with van der Waals surface area (Å²) in [5, 5.41) is 14.0. The lowest BCUT2D eigenvalue weighted by Gasteiger charge is -2.23. The maximum absolute atomic E-state index is 9.85. The first kappa shape index (κ1) is 11.8. The van der Waals surface area contributed by atoms with Gasteiger partial charge in [0.15, 0.2) is 0 Å². The van der Waals surface area contributed by atoms with E-state index in [9.17, 15) is 5.11 Å². The third-order valence-electron chi connectivity index (χ3n) is 2.70. The topological polar surface area (TPSA) is 35.5 Å². The number of nitrogens with one attached hydrogen (secondary N) is 1. The molecule has 1 fully saturated rings. The number of aromatic hydroxyl groups is 1. The monoisotopic (exact) mass is 260 g/mol. The number of nitrogens with zero attached hydrogens (tertiary/aromatic N) is 1. The first-order valence-corrected chi connectivity index (χ1v) is 6.08. The van der Waals surface area contributed by atoms with Gasteiger partial charge in [0, 0.05) is 25.7 Å². The van der Waals surface area contributed by atoms with Gasteiger partial charge in [0.25, 0.3) is 0 Å². The number of phenolic OH excluding ortho intramolecular Hbond substituents is 1. The van der Waals surface area contributed by atoms with E-state index in [1.54, 1.807) is 6.07 Å². The summed E-state index contributed by atoms with van der Waals surface area (Å²) < 4.78 is 0. The van der Waals surface area contributed by atoms with Crippen LogP contribution in [0, 0.1) is 0 Å². The summed E-state index contributed by atoms with van der Waals surface area (Å²) >= 11 is 11.8. The van der Waals surface area contributed by atoms with E-state index in [-0.39, 0.29) is 5.75 Å². The molecule has 0 aromatic heterocycles. The fraction of sp³-hybridized carbons (Fsp3) is 0.455. The second-order valence-corrected chi connectivity index (χ2v) is 4.66. The standard InChI is InChI=1S/C11H14Cl2N2O/c12-8-6-10(11(16)7-9(8)13)15-4-1-2-14-3-5-15/h6-7,14,16H,1-5H2. The van der Waals surface area contributed by atoms with Crippen LogP contribution in [0.5, 0.6) is 5.75 Å². The highest BCUT2D eigenvalue weighted by atomic mass is 35.5. The fourth-order valence-corrected chi connectivity index (χ4v) is 2.18. The summed E-state index contributed by atoms with van der Waals surface area (Å²) in [6.45, 7) is 3.71. The first-order valence-electron chi connectivity index (χ1n) is 5.32. The minimum Gasteiger partial charge on any atom is -0.506 e. The van der Waals surface area contributed by atoms with Crippen LogP contribution in [0.2, 0.25) is 10.0 Å². The van der Waals surface area contributed by atoms with Gasteiger partial charge in [-0.15, -0.1) is 0 Å². The van der Waals surface area contributed by atoms with Crippen molar-refractivity contribution in [3.63, 3.8) is 0 Å². The second-order valence-electron chi connectivity index (χ2n) is 3.85. The van der Waals surface area contributed by atoms with Gasteiger partial charge in [0.2, 0.25) is 0 Å². The number of anilines is 1. The molecule has 16 heavy (non-hydrogen) atoms. The van der Waals surface area contributed by atoms with Crippen LogP contribution in [-0.2, 0) is 0 Å². The predicted octanol–water partition coefficient (Wildman–Crippen LogP) is 2.50. The molecule has 0 aliphatic carbocycles. The Morgan fingerprint density at radius 1 is 1.12 bits per heavy atom. The van der Waals surface area contributed by atoms with Crippen LogP contribution in [0.25, 0.3) is 0 Å². The lowest BCUT2D eigenvalue weighted by molar-refractivity contribution is 0.474. The minimum absolute atomic E-state index is 0.191. The van der Waals surface area contributed by atoms with E-state index in [1.165, 1.54) is 6.07 Å². The molecule has 5 heteroatoms. The quantitative estimate of drug-likeness (QED) is 0.815. The van der Waals surface area contributed by atoms with Crippen molar-refractivity contribution in [2.24, 2.45) is 0 Å². The highest BCUT2D eigenvalue weighted by Gasteiger charge is 2.15. The van der Waals surface area contributed by atoms with Gasteiger partial charge >= 0.3 is 0 Å². The fourth-order valence-electron chi connectivity index (χ4n) is 1.87. The lowest BCUT2D eigenvalue weighted by atomic mass is 10.2. The van der Waals surface area contributed by atoms with Crippen molar-refractivity contribution in [2.45, 2.75) is 6.42 Å². The van der Waals surface area contributed by atoms with Crippen LogP contribution in [0.15, 0.2) is 12.1 Å². The Morgan fingerprint density at radius 3 is 2.69 bits per heavy atom. The molecule has 0 unspecified atom stereocenters. The largest absolute Gasteiger partial charge is 0.506 e. The van der Waals surface area contributed by atoms with Crippen LogP contribution >= 0.6 is 23.2 Å². The van der Waals surface area contributed by atoms with Gasteiger partial charge in [-0.2, -0.15) is 0 Å². The van der Waals surface area contributed by atoms with Crippen LogP contribution in [0.4, 0.5) is 5.69 Å². The Kier molecular flexibility index (Phi) is 3.79. The minimum atomic E-state index is 0.191. The molecule has 2 rings (SSSR count). The Bertz CT molecular complexity index is 376. The van der Waals surface area contributed by atoms with Crippen LogP contribution in [0.3, 0.4) is 0 Å². The summed E-state index contributed by atoms with van der Waals surface area (Å²) in [6, 6.07) is 3.22. The molecule has 1 aliphatic rings. The van der Waals surface area contributed by atoms with Crippen molar-refractivity contribution in [3.8, 4) is 5.75 Å². The maximum atomic E-state index is 9.85. The van der Waals surface area contributed by atoms with Crippen molar-refractivity contribution in [1.82, 2.24) is 5.32 Å². The van der Waals surface area contributed by atoms with Crippen molar-refractivity contribution in [1.29, 1.82) is 0 Å². The summed E-state index contributed by atoms with van der Waals surface area (Å²) in [5.41, 5.74) is 0.762. The molecular weight excluding hydrogens is 247 g/mol. The molecule has 0 saturated carbocycles. The zero-order valence-electron chi connectivity index (χ0n) is 8.84. The van der Waals surface area contributed by atoms with Gasteiger partial charge in [-0.1, -0.05) is 23.2 Å². The van der Waals surface area contributed by atoms with E-state index in [0.717, 1.165) is 38.3 Å². The average Bonchev–Trinajstić information content (AvgIpc) is 2.52. The molecule has 1 aromatic rings. The molecule has 1 aliphatic heterocycles. The molecule has 0 spiro atoms. The number of hydrogen-bond acceptors (Lipinski definition) is 3. The van der Waals surface area contributed by atoms with Crippen molar-refractivity contribution in [3.05, 3.63) is 22.2 Å². The van der Waals surface area contributed by atoms with E-state index >= 15 is 0 Å². The number of halogens is 2. The Balaban J connectivity index is 2.27. The Morgan fingerprint density at radius 2 is 1.88 bits per heavy atom. The molecule has 1 heterocycles. The predicted molar refractivity (Wildman–Crippen MR) is 67.8 cm³/mol. The summed E-state index contributed by atoms with van der Waals surface area (Å²) in [4.78, 5) is 2.12. The zero-order valence-corrected chi connectivity index (χ0v) is 10.4. The molecule has 1 aromatic carbocycles. The van der Waals surface area contributed by atoms with Crippen LogP contribution in [-0.4, -0.2) is 31.3 Å². The summed E-state index contributed by atoms with van der Waals surface area (Å²) in [7, 11) is 0. The zero-order chi connectivity index (χ0) is 11.5. The molecular formula is C11H14Cl2N2O. The smallest absolute Gasteiger partial charge is 0.140 e. The van der Waals surface area contributed by atoms with Gasteiger partial charge in [0.05, 0.1) is 15.7 Å². The average molecular weight is 261 g/mol. The van der Waals surface area contributed by atoms with E-state index < -0.39 is 0 Å². The second kappa shape index (κ2) is 5.13. The van der Waals surface area contributed by atoms with E-state index in [2.05, 4.69) is 10.2 Å². The molecule has 2 N–H and O–H groups in total. The lowest BCUT2D eigenvalue weighted by Crippen LogP contribution is -2.27. The number of rotatable bonds is 1. The highest BCUT2D eigenvalue weighted by Crippen LogP contribution is 2.35. The van der Waals surface area contributed by atoms with Crippen LogP contribution in [0.1, 0.15) is 6.42 Å². The molecule has 0 bridgehead atoms. The van der Waals surface area contributed by atoms with Crippen molar-refractivity contribution in [2.75, 3.05) is 31.1 Å². The van der Waals surface area contributed by atoms with E-state index in [4.69, 9.17) is 23.2 Å². The number of benzene rings is 1. The van der Waals surface area contributed by atoms with Crippen LogP contribution < -0.4 is 10.2 Å². The Labute approximate surface area is 105 Å². The highest BCUT2D eigenvalue weighted by molar-refractivity contribution is 6.42. The normalized spacial score (nSPS) is 17.2. The Hall–Kier alpha value is -0.640. The molecule has 3 nitrogen and oxygen atoms in total. The maximum Gasteiger partial charge on any atom is 0.140 e. The third kappa shape index (κ3) is 2.54. The van der Waals surface area contributed by atoms with Gasteiger partial charge < -0.3 is 15.3 Å².